The molecular weight excluding hydrogens is 352 g/mol. The highest BCUT2D eigenvalue weighted by molar-refractivity contribution is 7.91. The molecule has 1 N–H and O–H groups in total. The number of aromatic amines is 1. The Morgan fingerprint density at radius 1 is 1.08 bits per heavy atom. The van der Waals surface area contributed by atoms with Gasteiger partial charge in [-0.1, -0.05) is 19.3 Å². The number of carbonyl (C=O) groups excluding carboxylic acids is 1. The average Bonchev–Trinajstić information content (AvgIpc) is 3.29. The van der Waals surface area contributed by atoms with Crippen LogP contribution in [0.25, 0.3) is 0 Å². The first-order valence-electron chi connectivity index (χ1n) is 9.81. The van der Waals surface area contributed by atoms with Gasteiger partial charge >= 0.3 is 0 Å². The van der Waals surface area contributed by atoms with Gasteiger partial charge in [0.25, 0.3) is 5.91 Å². The quantitative estimate of drug-likeness (QED) is 0.857. The first-order valence-corrected chi connectivity index (χ1v) is 11.6. The molecule has 0 radical (unpaired) electrons. The van der Waals surface area contributed by atoms with Gasteiger partial charge in [-0.05, 0) is 25.3 Å². The molecule has 3 fully saturated rings. The van der Waals surface area contributed by atoms with Crippen molar-refractivity contribution in [2.75, 3.05) is 37.7 Å². The van der Waals surface area contributed by atoms with E-state index in [0.29, 0.717) is 30.5 Å². The van der Waals surface area contributed by atoms with E-state index in [1.807, 2.05) is 11.0 Å². The van der Waals surface area contributed by atoms with Gasteiger partial charge < -0.3 is 4.90 Å². The molecule has 4 rings (SSSR count). The van der Waals surface area contributed by atoms with Crippen LogP contribution in [0.3, 0.4) is 0 Å². The van der Waals surface area contributed by atoms with Crippen molar-refractivity contribution in [1.29, 1.82) is 0 Å². The summed E-state index contributed by atoms with van der Waals surface area (Å²) in [6.07, 6.45) is 6.90. The first-order chi connectivity index (χ1) is 12.5. The van der Waals surface area contributed by atoms with Crippen molar-refractivity contribution < 1.29 is 13.2 Å². The van der Waals surface area contributed by atoms with E-state index in [2.05, 4.69) is 15.1 Å². The predicted octanol–water partition coefficient (Wildman–Crippen LogP) is 1.40. The fourth-order valence-electron chi connectivity index (χ4n) is 4.58. The molecule has 8 heteroatoms. The molecular formula is C18H28N4O3S. The van der Waals surface area contributed by atoms with Gasteiger partial charge in [-0.3, -0.25) is 14.8 Å². The van der Waals surface area contributed by atoms with Gasteiger partial charge in [-0.25, -0.2) is 8.42 Å². The van der Waals surface area contributed by atoms with Crippen LogP contribution in [0.4, 0.5) is 0 Å². The largest absolute Gasteiger partial charge is 0.335 e. The van der Waals surface area contributed by atoms with E-state index in [1.165, 1.54) is 32.1 Å². The monoisotopic (exact) mass is 380 g/mol. The molecule has 26 heavy (non-hydrogen) atoms. The normalized spacial score (nSPS) is 27.7. The zero-order chi connectivity index (χ0) is 18.1. The summed E-state index contributed by atoms with van der Waals surface area (Å²) in [5.41, 5.74) is 1.62. The van der Waals surface area contributed by atoms with Crippen LogP contribution >= 0.6 is 0 Å². The number of nitrogens with zero attached hydrogens (tertiary/aromatic N) is 3. The van der Waals surface area contributed by atoms with Gasteiger partial charge in [0.2, 0.25) is 0 Å². The third kappa shape index (κ3) is 3.81. The molecule has 2 aliphatic heterocycles. The summed E-state index contributed by atoms with van der Waals surface area (Å²) < 4.78 is 23.3. The SMILES string of the molecule is O=C(c1cc(C2CCCCC2)[nH]n1)N1CCN(C2CCS(=O)(=O)C2)CC1. The molecule has 3 aliphatic rings. The maximum absolute atomic E-state index is 12.8. The number of nitrogens with one attached hydrogen (secondary N) is 1. The summed E-state index contributed by atoms with van der Waals surface area (Å²) in [6.45, 7) is 2.76. The number of sulfone groups is 1. The minimum Gasteiger partial charge on any atom is -0.335 e. The number of hydrogen-bond acceptors (Lipinski definition) is 5. The van der Waals surface area contributed by atoms with E-state index in [1.54, 1.807) is 0 Å². The third-order valence-electron chi connectivity index (χ3n) is 6.19. The maximum Gasteiger partial charge on any atom is 0.274 e. The van der Waals surface area contributed by atoms with Crippen molar-refractivity contribution in [1.82, 2.24) is 20.0 Å². The van der Waals surface area contributed by atoms with Gasteiger partial charge in [0.05, 0.1) is 11.5 Å². The zero-order valence-electron chi connectivity index (χ0n) is 15.2. The molecule has 1 unspecified atom stereocenters. The van der Waals surface area contributed by atoms with Crippen LogP contribution in [-0.4, -0.2) is 78.0 Å². The molecule has 0 bridgehead atoms. The van der Waals surface area contributed by atoms with Crippen LogP contribution in [0.15, 0.2) is 6.07 Å². The lowest BCUT2D eigenvalue weighted by Crippen LogP contribution is -2.52. The smallest absolute Gasteiger partial charge is 0.274 e. The Labute approximate surface area is 155 Å². The van der Waals surface area contributed by atoms with Crippen molar-refractivity contribution in [3.05, 3.63) is 17.5 Å². The van der Waals surface area contributed by atoms with Crippen molar-refractivity contribution in [2.24, 2.45) is 0 Å². The molecule has 1 aromatic heterocycles. The Kier molecular flexibility index (Phi) is 5.05. The van der Waals surface area contributed by atoms with Crippen LogP contribution < -0.4 is 0 Å². The Bertz CT molecular complexity index is 746. The van der Waals surface area contributed by atoms with Gasteiger partial charge in [-0.15, -0.1) is 0 Å². The summed E-state index contributed by atoms with van der Waals surface area (Å²) in [5.74, 6) is 1.07. The van der Waals surface area contributed by atoms with E-state index < -0.39 is 9.84 Å². The van der Waals surface area contributed by atoms with Crippen LogP contribution in [0.1, 0.15) is 60.6 Å². The number of carbonyl (C=O) groups is 1. The molecule has 3 heterocycles. The summed E-state index contributed by atoms with van der Waals surface area (Å²) in [6, 6.07) is 2.06. The molecule has 7 nitrogen and oxygen atoms in total. The number of hydrogen-bond donors (Lipinski definition) is 1. The lowest BCUT2D eigenvalue weighted by atomic mass is 9.87. The van der Waals surface area contributed by atoms with E-state index in [4.69, 9.17) is 0 Å². The van der Waals surface area contributed by atoms with Gasteiger partial charge in [0.1, 0.15) is 5.69 Å². The highest BCUT2D eigenvalue weighted by atomic mass is 32.2. The number of aromatic nitrogens is 2. The number of piperazine rings is 1. The van der Waals surface area contributed by atoms with E-state index in [-0.39, 0.29) is 17.7 Å². The minimum atomic E-state index is -2.86. The molecule has 1 amide bonds. The molecule has 0 aromatic carbocycles. The Morgan fingerprint density at radius 3 is 2.46 bits per heavy atom. The van der Waals surface area contributed by atoms with Gasteiger partial charge in [-0.2, -0.15) is 5.10 Å². The summed E-state index contributed by atoms with van der Waals surface area (Å²) in [5, 5.41) is 7.36. The summed E-state index contributed by atoms with van der Waals surface area (Å²) in [4.78, 5) is 16.8. The fraction of sp³-hybridized carbons (Fsp3) is 0.778. The van der Waals surface area contributed by atoms with Crippen molar-refractivity contribution in [2.45, 2.75) is 50.5 Å². The average molecular weight is 381 g/mol. The van der Waals surface area contributed by atoms with E-state index in [9.17, 15) is 13.2 Å². The fourth-order valence-corrected chi connectivity index (χ4v) is 6.35. The standard InChI is InChI=1S/C18H28N4O3S/c23-18(17-12-16(19-20-17)14-4-2-1-3-5-14)22-9-7-21(8-10-22)15-6-11-26(24,25)13-15/h12,14-15H,1-11,13H2,(H,19,20). The van der Waals surface area contributed by atoms with Crippen LogP contribution in [-0.2, 0) is 9.84 Å². The lowest BCUT2D eigenvalue weighted by molar-refractivity contribution is 0.0582. The number of amides is 1. The Hall–Kier alpha value is -1.41. The van der Waals surface area contributed by atoms with Crippen LogP contribution in [0, 0.1) is 0 Å². The Balaban J connectivity index is 1.33. The van der Waals surface area contributed by atoms with Crippen molar-refractivity contribution in [3.63, 3.8) is 0 Å². The minimum absolute atomic E-state index is 0.0120. The predicted molar refractivity (Wildman–Crippen MR) is 98.9 cm³/mol. The van der Waals surface area contributed by atoms with E-state index >= 15 is 0 Å². The van der Waals surface area contributed by atoms with Gasteiger partial charge in [0.15, 0.2) is 9.84 Å². The first kappa shape index (κ1) is 18.0. The maximum atomic E-state index is 12.8. The zero-order valence-corrected chi connectivity index (χ0v) is 16.0. The van der Waals surface area contributed by atoms with Crippen molar-refractivity contribution in [3.8, 4) is 0 Å². The van der Waals surface area contributed by atoms with Crippen LogP contribution in [0.5, 0.6) is 0 Å². The summed E-state index contributed by atoms with van der Waals surface area (Å²) in [7, 11) is -2.86. The third-order valence-corrected chi connectivity index (χ3v) is 7.94. The molecule has 0 spiro atoms. The second-order valence-electron chi connectivity index (χ2n) is 7.93. The molecule has 1 aliphatic carbocycles. The van der Waals surface area contributed by atoms with Gasteiger partial charge in [0, 0.05) is 43.8 Å². The molecule has 1 aromatic rings. The topological polar surface area (TPSA) is 86.4 Å². The molecule has 144 valence electrons. The number of rotatable bonds is 3. The van der Waals surface area contributed by atoms with Crippen LogP contribution in [0.2, 0.25) is 0 Å². The highest BCUT2D eigenvalue weighted by Gasteiger charge is 2.34. The summed E-state index contributed by atoms with van der Waals surface area (Å²) >= 11 is 0. The van der Waals surface area contributed by atoms with E-state index in [0.717, 1.165) is 25.2 Å². The molecule has 1 saturated carbocycles. The lowest BCUT2D eigenvalue weighted by Gasteiger charge is -2.37. The van der Waals surface area contributed by atoms with Crippen molar-refractivity contribution >= 4 is 15.7 Å². The second-order valence-corrected chi connectivity index (χ2v) is 10.2. The second kappa shape index (κ2) is 7.31. The molecule has 1 atom stereocenters. The Morgan fingerprint density at radius 2 is 1.81 bits per heavy atom. The number of H-pyrrole nitrogens is 1. The highest BCUT2D eigenvalue weighted by Crippen LogP contribution is 2.31. The molecule has 2 saturated heterocycles.